The number of carbonyl (C=O) groups excluding carboxylic acids is 1. The van der Waals surface area contributed by atoms with Gasteiger partial charge >= 0.3 is 5.97 Å². The molecule has 2 aromatic carbocycles. The average molecular weight is 370 g/mol. The minimum Gasteiger partial charge on any atom is -0.496 e. The topological polar surface area (TPSA) is 61.5 Å². The van der Waals surface area contributed by atoms with Crippen molar-refractivity contribution < 1.29 is 14.3 Å². The van der Waals surface area contributed by atoms with Crippen LogP contribution in [0.1, 0.15) is 54.5 Å². The minimum atomic E-state index is -0.657. The number of rotatable bonds is 7. The number of nitrogens with two attached hydrogens (primary N) is 1. The molecule has 2 rings (SSSR count). The molecule has 2 N–H and O–H groups in total. The Kier molecular flexibility index (Phi) is 7.03. The van der Waals surface area contributed by atoms with Gasteiger partial charge in [-0.15, -0.1) is 0 Å². The van der Waals surface area contributed by atoms with Gasteiger partial charge in [0.1, 0.15) is 17.9 Å². The van der Waals surface area contributed by atoms with Gasteiger partial charge in [0.05, 0.1) is 7.11 Å². The summed E-state index contributed by atoms with van der Waals surface area (Å²) < 4.78 is 11.5. The van der Waals surface area contributed by atoms with Gasteiger partial charge in [0.15, 0.2) is 0 Å². The first-order valence-electron chi connectivity index (χ1n) is 9.49. The van der Waals surface area contributed by atoms with Gasteiger partial charge in [-0.1, -0.05) is 43.3 Å². The number of methoxy groups -OCH3 is 1. The fourth-order valence-corrected chi connectivity index (χ4v) is 3.73. The summed E-state index contributed by atoms with van der Waals surface area (Å²) in [4.78, 5) is 12.2. The molecular weight excluding hydrogens is 338 g/mol. The summed E-state index contributed by atoms with van der Waals surface area (Å²) in [7, 11) is 1.68. The van der Waals surface area contributed by atoms with E-state index in [0.29, 0.717) is 0 Å². The van der Waals surface area contributed by atoms with Crippen LogP contribution in [0.3, 0.4) is 0 Å². The highest BCUT2D eigenvalue weighted by atomic mass is 16.5. The summed E-state index contributed by atoms with van der Waals surface area (Å²) >= 11 is 0. The highest BCUT2D eigenvalue weighted by Crippen LogP contribution is 2.39. The van der Waals surface area contributed by atoms with Crippen molar-refractivity contribution in [2.75, 3.05) is 7.11 Å². The zero-order valence-electron chi connectivity index (χ0n) is 17.2. The highest BCUT2D eigenvalue weighted by Gasteiger charge is 2.30. The monoisotopic (exact) mass is 369 g/mol. The molecule has 146 valence electrons. The summed E-state index contributed by atoms with van der Waals surface area (Å²) in [6.07, 6.45) is 0.520. The van der Waals surface area contributed by atoms with E-state index in [4.69, 9.17) is 15.2 Å². The van der Waals surface area contributed by atoms with Gasteiger partial charge in [0.2, 0.25) is 0 Å². The maximum absolute atomic E-state index is 12.2. The Labute approximate surface area is 162 Å². The Morgan fingerprint density at radius 3 is 2.19 bits per heavy atom. The SMILES string of the molecule is CCc1c(C)cccc1C(c1cccc(C)c1OC)C(C)OC(=O)[C@H](C)N. The van der Waals surface area contributed by atoms with Crippen molar-refractivity contribution in [2.24, 2.45) is 5.73 Å². The maximum Gasteiger partial charge on any atom is 0.322 e. The van der Waals surface area contributed by atoms with Crippen LogP contribution in [0.4, 0.5) is 0 Å². The third-order valence-corrected chi connectivity index (χ3v) is 5.06. The quantitative estimate of drug-likeness (QED) is 0.740. The van der Waals surface area contributed by atoms with Gasteiger partial charge < -0.3 is 15.2 Å². The lowest BCUT2D eigenvalue weighted by molar-refractivity contribution is -0.150. The van der Waals surface area contributed by atoms with Crippen LogP contribution in [-0.4, -0.2) is 25.2 Å². The molecule has 0 bridgehead atoms. The number of ether oxygens (including phenoxy) is 2. The molecule has 0 aliphatic carbocycles. The molecule has 0 aliphatic rings. The van der Waals surface area contributed by atoms with Crippen LogP contribution in [0, 0.1) is 13.8 Å². The van der Waals surface area contributed by atoms with Gasteiger partial charge in [0, 0.05) is 11.5 Å². The van der Waals surface area contributed by atoms with Crippen molar-refractivity contribution >= 4 is 5.97 Å². The summed E-state index contributed by atoms with van der Waals surface area (Å²) in [6, 6.07) is 11.7. The normalized spacial score (nSPS) is 14.3. The van der Waals surface area contributed by atoms with Crippen molar-refractivity contribution in [1.82, 2.24) is 0 Å². The predicted octanol–water partition coefficient (Wildman–Crippen LogP) is 4.29. The number of aryl methyl sites for hydroxylation is 2. The van der Waals surface area contributed by atoms with Crippen molar-refractivity contribution in [3.05, 3.63) is 64.2 Å². The third kappa shape index (κ3) is 4.51. The van der Waals surface area contributed by atoms with Gasteiger partial charge in [-0.2, -0.15) is 0 Å². The van der Waals surface area contributed by atoms with E-state index < -0.39 is 12.0 Å². The van der Waals surface area contributed by atoms with Gasteiger partial charge in [-0.05, 0) is 56.4 Å². The lowest BCUT2D eigenvalue weighted by Crippen LogP contribution is -2.34. The zero-order valence-corrected chi connectivity index (χ0v) is 17.2. The van der Waals surface area contributed by atoms with E-state index in [0.717, 1.165) is 28.9 Å². The molecule has 0 saturated carbocycles. The second-order valence-electron chi connectivity index (χ2n) is 7.10. The van der Waals surface area contributed by atoms with Gasteiger partial charge in [-0.3, -0.25) is 4.79 Å². The van der Waals surface area contributed by atoms with Crippen molar-refractivity contribution in [1.29, 1.82) is 0 Å². The molecule has 0 aliphatic heterocycles. The first-order valence-corrected chi connectivity index (χ1v) is 9.49. The maximum atomic E-state index is 12.2. The molecule has 0 saturated heterocycles. The fourth-order valence-electron chi connectivity index (χ4n) is 3.73. The predicted molar refractivity (Wildman–Crippen MR) is 109 cm³/mol. The summed E-state index contributed by atoms with van der Waals surface area (Å²) in [5.74, 6) is 0.289. The Balaban J connectivity index is 2.65. The van der Waals surface area contributed by atoms with E-state index >= 15 is 0 Å². The number of carbonyl (C=O) groups is 1. The first-order chi connectivity index (χ1) is 12.8. The first kappa shape index (κ1) is 21.0. The van der Waals surface area contributed by atoms with Crippen LogP contribution in [0.25, 0.3) is 0 Å². The van der Waals surface area contributed by atoms with Crippen LogP contribution in [-0.2, 0) is 16.0 Å². The molecule has 4 heteroatoms. The number of benzene rings is 2. The Hall–Kier alpha value is -2.33. The smallest absolute Gasteiger partial charge is 0.322 e. The fraction of sp³-hybridized carbons (Fsp3) is 0.435. The van der Waals surface area contributed by atoms with Crippen molar-refractivity contribution in [3.8, 4) is 5.75 Å². The van der Waals surface area contributed by atoms with Crippen LogP contribution in [0.2, 0.25) is 0 Å². The number of para-hydroxylation sites is 1. The van der Waals surface area contributed by atoms with E-state index in [9.17, 15) is 4.79 Å². The number of hydrogen-bond donors (Lipinski definition) is 1. The molecule has 0 fully saturated rings. The van der Waals surface area contributed by atoms with E-state index in [1.54, 1.807) is 14.0 Å². The second-order valence-corrected chi connectivity index (χ2v) is 7.10. The van der Waals surface area contributed by atoms with Crippen LogP contribution >= 0.6 is 0 Å². The van der Waals surface area contributed by atoms with Crippen LogP contribution in [0.15, 0.2) is 36.4 Å². The molecule has 0 spiro atoms. The average Bonchev–Trinajstić information content (AvgIpc) is 2.62. The molecule has 3 atom stereocenters. The van der Waals surface area contributed by atoms with E-state index in [1.807, 2.05) is 26.0 Å². The lowest BCUT2D eigenvalue weighted by atomic mass is 9.81. The molecular formula is C23H31NO3. The third-order valence-electron chi connectivity index (χ3n) is 5.06. The second kappa shape index (κ2) is 9.05. The van der Waals surface area contributed by atoms with E-state index in [1.165, 1.54) is 11.1 Å². The summed E-state index contributed by atoms with van der Waals surface area (Å²) in [5.41, 5.74) is 11.5. The molecule has 2 aromatic rings. The number of hydrogen-bond acceptors (Lipinski definition) is 4. The standard InChI is InChI=1S/C23H31NO3/c1-7-18-14(2)10-8-12-19(18)21(17(5)27-23(25)16(4)24)20-13-9-11-15(3)22(20)26-6/h8-13,16-17,21H,7,24H2,1-6H3/t16-,17?,21?/m0/s1. The molecule has 0 aromatic heterocycles. The zero-order chi connectivity index (χ0) is 20.1. The summed E-state index contributed by atoms with van der Waals surface area (Å²) in [6.45, 7) is 9.85. The number of esters is 1. The Morgan fingerprint density at radius 1 is 1.04 bits per heavy atom. The molecule has 2 unspecified atom stereocenters. The minimum absolute atomic E-state index is 0.141. The van der Waals surface area contributed by atoms with Crippen molar-refractivity contribution in [2.45, 2.75) is 59.1 Å². The van der Waals surface area contributed by atoms with Crippen LogP contribution in [0.5, 0.6) is 5.75 Å². The van der Waals surface area contributed by atoms with Gasteiger partial charge in [0.25, 0.3) is 0 Å². The highest BCUT2D eigenvalue weighted by molar-refractivity contribution is 5.75. The Morgan fingerprint density at radius 2 is 1.63 bits per heavy atom. The molecule has 4 nitrogen and oxygen atoms in total. The van der Waals surface area contributed by atoms with E-state index in [-0.39, 0.29) is 12.0 Å². The van der Waals surface area contributed by atoms with Gasteiger partial charge in [-0.25, -0.2) is 0 Å². The molecule has 27 heavy (non-hydrogen) atoms. The van der Waals surface area contributed by atoms with Crippen molar-refractivity contribution in [3.63, 3.8) is 0 Å². The van der Waals surface area contributed by atoms with E-state index in [2.05, 4.69) is 38.1 Å². The largest absolute Gasteiger partial charge is 0.496 e. The Bertz CT molecular complexity index is 745. The summed E-state index contributed by atoms with van der Waals surface area (Å²) in [5, 5.41) is 0. The molecule has 0 amide bonds. The van der Waals surface area contributed by atoms with Crippen LogP contribution < -0.4 is 10.5 Å². The molecule has 0 heterocycles. The molecule has 0 radical (unpaired) electrons. The lowest BCUT2D eigenvalue weighted by Gasteiger charge is -2.29.